The Kier molecular flexibility index (Phi) is 5.78. The highest BCUT2D eigenvalue weighted by Crippen LogP contribution is 2.41. The summed E-state index contributed by atoms with van der Waals surface area (Å²) in [5.74, 6) is 1.89. The fraction of sp³-hybridized carbons (Fsp3) is 0. The molecule has 0 bridgehead atoms. The predicted molar refractivity (Wildman–Crippen MR) is 184 cm³/mol. The van der Waals surface area contributed by atoms with E-state index >= 15 is 0 Å². The van der Waals surface area contributed by atoms with Crippen LogP contribution in [0.1, 0.15) is 0 Å². The third-order valence-corrected chi connectivity index (χ3v) is 8.50. The van der Waals surface area contributed by atoms with Crippen LogP contribution in [0.2, 0.25) is 0 Å². The minimum absolute atomic E-state index is 0.621. The lowest BCUT2D eigenvalue weighted by molar-refractivity contribution is 0.672. The molecule has 0 fully saturated rings. The van der Waals surface area contributed by atoms with Gasteiger partial charge in [0.15, 0.2) is 17.5 Å². The fourth-order valence-corrected chi connectivity index (χ4v) is 6.26. The smallest absolute Gasteiger partial charge is 0.164 e. The topological polar surface area (TPSA) is 51.8 Å². The molecule has 0 atom stereocenters. The van der Waals surface area contributed by atoms with E-state index in [0.717, 1.165) is 60.5 Å². The SMILES string of the molecule is c1ccc(-c2nc(-c3ccccc3)nc(-c3cc4c5ccccc5oc4c4ccc(-c5ccc6ccccc6c5)cc34)n2)cc1. The molecule has 4 nitrogen and oxygen atoms in total. The lowest BCUT2D eigenvalue weighted by Crippen LogP contribution is -2.00. The first-order chi connectivity index (χ1) is 22.3. The predicted octanol–water partition coefficient (Wildman–Crippen LogP) is 10.7. The Morgan fingerprint density at radius 2 is 0.956 bits per heavy atom. The first-order valence-corrected chi connectivity index (χ1v) is 15.0. The molecule has 0 saturated carbocycles. The van der Waals surface area contributed by atoms with E-state index in [1.807, 2.05) is 78.9 Å². The Morgan fingerprint density at radius 3 is 1.71 bits per heavy atom. The quantitative estimate of drug-likeness (QED) is 0.209. The lowest BCUT2D eigenvalue weighted by Gasteiger charge is -2.12. The van der Waals surface area contributed by atoms with Gasteiger partial charge in [-0.3, -0.25) is 0 Å². The minimum Gasteiger partial charge on any atom is -0.455 e. The molecule has 7 aromatic carbocycles. The molecule has 0 aliphatic heterocycles. The lowest BCUT2D eigenvalue weighted by atomic mass is 9.94. The van der Waals surface area contributed by atoms with Crippen LogP contribution in [0.25, 0.3) is 88.8 Å². The zero-order chi connectivity index (χ0) is 29.7. The van der Waals surface area contributed by atoms with Crippen molar-refractivity contribution < 1.29 is 4.42 Å². The van der Waals surface area contributed by atoms with Crippen LogP contribution < -0.4 is 0 Å². The molecule has 0 aliphatic rings. The third kappa shape index (κ3) is 4.35. The van der Waals surface area contributed by atoms with E-state index in [9.17, 15) is 0 Å². The van der Waals surface area contributed by atoms with Crippen molar-refractivity contribution in [3.05, 3.63) is 152 Å². The number of para-hydroxylation sites is 1. The summed E-state index contributed by atoms with van der Waals surface area (Å²) in [6, 6.07) is 52.3. The summed E-state index contributed by atoms with van der Waals surface area (Å²) >= 11 is 0. The van der Waals surface area contributed by atoms with Gasteiger partial charge in [0, 0.05) is 32.8 Å². The summed E-state index contributed by atoms with van der Waals surface area (Å²) in [6.45, 7) is 0. The molecule has 9 rings (SSSR count). The second-order valence-corrected chi connectivity index (χ2v) is 11.3. The van der Waals surface area contributed by atoms with Crippen LogP contribution in [-0.4, -0.2) is 15.0 Å². The molecule has 0 N–H and O–H groups in total. The summed E-state index contributed by atoms with van der Waals surface area (Å²) in [5.41, 5.74) is 6.80. The van der Waals surface area contributed by atoms with Crippen molar-refractivity contribution in [1.29, 1.82) is 0 Å². The van der Waals surface area contributed by atoms with Gasteiger partial charge in [-0.1, -0.05) is 121 Å². The van der Waals surface area contributed by atoms with Crippen LogP contribution in [0.15, 0.2) is 156 Å². The van der Waals surface area contributed by atoms with Crippen molar-refractivity contribution in [3.63, 3.8) is 0 Å². The summed E-state index contributed by atoms with van der Waals surface area (Å²) in [4.78, 5) is 15.2. The Morgan fingerprint density at radius 1 is 0.356 bits per heavy atom. The summed E-state index contributed by atoms with van der Waals surface area (Å²) in [6.07, 6.45) is 0. The van der Waals surface area contributed by atoms with Gasteiger partial charge in [0.25, 0.3) is 0 Å². The summed E-state index contributed by atoms with van der Waals surface area (Å²) in [7, 11) is 0. The minimum atomic E-state index is 0.621. The third-order valence-electron chi connectivity index (χ3n) is 8.50. The second kappa shape index (κ2) is 10.2. The van der Waals surface area contributed by atoms with Gasteiger partial charge in [0.2, 0.25) is 0 Å². The summed E-state index contributed by atoms with van der Waals surface area (Å²) < 4.78 is 6.49. The van der Waals surface area contributed by atoms with Crippen LogP contribution >= 0.6 is 0 Å². The number of benzene rings is 7. The maximum Gasteiger partial charge on any atom is 0.164 e. The zero-order valence-electron chi connectivity index (χ0n) is 24.2. The number of fused-ring (bicyclic) bond motifs is 6. The van der Waals surface area contributed by atoms with Gasteiger partial charge in [-0.2, -0.15) is 0 Å². The Bertz CT molecular complexity index is 2480. The number of hydrogen-bond donors (Lipinski definition) is 0. The molecular formula is C41H25N3O. The van der Waals surface area contributed by atoms with Gasteiger partial charge >= 0.3 is 0 Å². The van der Waals surface area contributed by atoms with Gasteiger partial charge in [0.05, 0.1) is 0 Å². The van der Waals surface area contributed by atoms with Gasteiger partial charge in [0.1, 0.15) is 11.2 Å². The molecule has 0 aliphatic carbocycles. The van der Waals surface area contributed by atoms with Crippen molar-refractivity contribution in [1.82, 2.24) is 15.0 Å². The number of rotatable bonds is 4. The highest BCUT2D eigenvalue weighted by molar-refractivity contribution is 6.19. The van der Waals surface area contributed by atoms with E-state index in [-0.39, 0.29) is 0 Å². The molecule has 45 heavy (non-hydrogen) atoms. The van der Waals surface area contributed by atoms with Gasteiger partial charge in [-0.05, 0) is 57.6 Å². The van der Waals surface area contributed by atoms with E-state index in [0.29, 0.717) is 17.5 Å². The van der Waals surface area contributed by atoms with Crippen LogP contribution in [0.4, 0.5) is 0 Å². The fourth-order valence-electron chi connectivity index (χ4n) is 6.26. The van der Waals surface area contributed by atoms with E-state index in [2.05, 4.69) is 72.8 Å². The first-order valence-electron chi connectivity index (χ1n) is 15.0. The van der Waals surface area contributed by atoms with Crippen LogP contribution in [-0.2, 0) is 0 Å². The molecule has 210 valence electrons. The highest BCUT2D eigenvalue weighted by Gasteiger charge is 2.19. The number of nitrogens with zero attached hydrogens (tertiary/aromatic N) is 3. The molecule has 0 unspecified atom stereocenters. The Labute approximate surface area is 259 Å². The molecule has 2 aromatic heterocycles. The van der Waals surface area contributed by atoms with Gasteiger partial charge in [-0.25, -0.2) is 15.0 Å². The van der Waals surface area contributed by atoms with Crippen LogP contribution in [0.3, 0.4) is 0 Å². The largest absolute Gasteiger partial charge is 0.455 e. The standard InChI is InChI=1S/C41H25N3O/c1-3-12-27(13-4-1)39-42-40(28-14-5-2-6-15-28)44-41(43-39)36-25-35-32-17-9-10-18-37(32)45-38(35)33-22-21-31(24-34(33)36)30-20-19-26-11-7-8-16-29(26)23-30/h1-25H. The molecule has 4 heteroatoms. The molecule has 0 spiro atoms. The van der Waals surface area contributed by atoms with E-state index in [1.54, 1.807) is 0 Å². The second-order valence-electron chi connectivity index (χ2n) is 11.3. The summed E-state index contributed by atoms with van der Waals surface area (Å²) in [5, 5.41) is 6.58. The maximum atomic E-state index is 6.49. The van der Waals surface area contributed by atoms with Gasteiger partial charge < -0.3 is 4.42 Å². The van der Waals surface area contributed by atoms with Crippen LogP contribution in [0.5, 0.6) is 0 Å². The maximum absolute atomic E-state index is 6.49. The number of aromatic nitrogens is 3. The van der Waals surface area contributed by atoms with E-state index in [4.69, 9.17) is 19.4 Å². The van der Waals surface area contributed by atoms with Crippen molar-refractivity contribution in [2.24, 2.45) is 0 Å². The van der Waals surface area contributed by atoms with Crippen molar-refractivity contribution >= 4 is 43.5 Å². The number of hydrogen-bond acceptors (Lipinski definition) is 4. The monoisotopic (exact) mass is 575 g/mol. The molecule has 0 saturated heterocycles. The Hall–Kier alpha value is -6.13. The van der Waals surface area contributed by atoms with E-state index < -0.39 is 0 Å². The molecule has 9 aromatic rings. The average Bonchev–Trinajstić information content (AvgIpc) is 3.50. The van der Waals surface area contributed by atoms with Crippen molar-refractivity contribution in [3.8, 4) is 45.3 Å². The van der Waals surface area contributed by atoms with Gasteiger partial charge in [-0.15, -0.1) is 0 Å². The molecule has 0 amide bonds. The molecule has 2 heterocycles. The van der Waals surface area contributed by atoms with Crippen molar-refractivity contribution in [2.45, 2.75) is 0 Å². The van der Waals surface area contributed by atoms with E-state index in [1.165, 1.54) is 10.8 Å². The van der Waals surface area contributed by atoms with Crippen LogP contribution in [0, 0.1) is 0 Å². The first kappa shape index (κ1) is 25.4. The average molecular weight is 576 g/mol. The molecule has 0 radical (unpaired) electrons. The molecular weight excluding hydrogens is 550 g/mol. The normalized spacial score (nSPS) is 11.6. The highest BCUT2D eigenvalue weighted by atomic mass is 16.3. The zero-order valence-corrected chi connectivity index (χ0v) is 24.2. The number of furan rings is 1. The van der Waals surface area contributed by atoms with Crippen molar-refractivity contribution in [2.75, 3.05) is 0 Å². The Balaban J connectivity index is 1.35.